The zero-order valence-electron chi connectivity index (χ0n) is 35.8. The third-order valence-electron chi connectivity index (χ3n) is 14.6. The van der Waals surface area contributed by atoms with E-state index in [1.165, 1.54) is 0 Å². The quantitative estimate of drug-likeness (QED) is 0.221. The molecule has 4 saturated heterocycles. The first-order valence-corrected chi connectivity index (χ1v) is 22.6. The van der Waals surface area contributed by atoms with E-state index in [2.05, 4.69) is 31.1 Å². The number of piperidine rings is 2. The van der Waals surface area contributed by atoms with Crippen LogP contribution in [0.1, 0.15) is 71.4 Å². The molecule has 3 N–H and O–H groups in total. The molecule has 0 unspecified atom stereocenters. The van der Waals surface area contributed by atoms with Gasteiger partial charge >= 0.3 is 0 Å². The molecule has 0 bridgehead atoms. The van der Waals surface area contributed by atoms with Gasteiger partial charge in [-0.05, 0) is 43.5 Å². The third kappa shape index (κ3) is 7.27. The number of para-hydroxylation sites is 1. The Morgan fingerprint density at radius 2 is 1.73 bits per heavy atom. The van der Waals surface area contributed by atoms with Crippen molar-refractivity contribution in [1.29, 1.82) is 0 Å². The van der Waals surface area contributed by atoms with Crippen LogP contribution in [0.15, 0.2) is 48.8 Å². The Morgan fingerprint density at radius 3 is 2.50 bits per heavy atom. The highest BCUT2D eigenvalue weighted by Crippen LogP contribution is 2.45. The predicted octanol–water partition coefficient (Wildman–Crippen LogP) is 3.23. The van der Waals surface area contributed by atoms with E-state index in [-0.39, 0.29) is 42.8 Å². The molecule has 18 heteroatoms. The maximum atomic E-state index is 14.8. The number of carbonyl (C=O) groups is 3. The number of hydrogen-bond donors (Lipinski definition) is 3. The normalized spacial score (nSPS) is 26.4. The average Bonchev–Trinajstić information content (AvgIpc) is 3.84. The summed E-state index contributed by atoms with van der Waals surface area (Å²) in [6.07, 6.45) is 5.94. The highest BCUT2D eigenvalue weighted by molar-refractivity contribution is 6.06. The Balaban J connectivity index is 0.689. The maximum Gasteiger partial charge on any atom is 0.283 e. The summed E-state index contributed by atoms with van der Waals surface area (Å²) in [5.74, 6) is -3.36. The van der Waals surface area contributed by atoms with Crippen LogP contribution in [0.25, 0.3) is 10.9 Å². The summed E-state index contributed by atoms with van der Waals surface area (Å²) in [6.45, 7) is 6.72. The van der Waals surface area contributed by atoms with E-state index in [0.29, 0.717) is 81.4 Å². The van der Waals surface area contributed by atoms with Crippen LogP contribution in [-0.2, 0) is 32.0 Å². The van der Waals surface area contributed by atoms with Gasteiger partial charge in [-0.2, -0.15) is 0 Å². The van der Waals surface area contributed by atoms with Gasteiger partial charge in [-0.1, -0.05) is 18.2 Å². The molecule has 9 heterocycles. The molecule has 16 nitrogen and oxygen atoms in total. The van der Waals surface area contributed by atoms with E-state index in [4.69, 9.17) is 24.2 Å². The van der Waals surface area contributed by atoms with Gasteiger partial charge in [0.05, 0.1) is 44.1 Å². The second kappa shape index (κ2) is 16.0. The lowest BCUT2D eigenvalue weighted by atomic mass is 9.89. The number of aliphatic hydroxyl groups is 1. The first kappa shape index (κ1) is 41.4. The van der Waals surface area contributed by atoms with E-state index in [0.717, 1.165) is 59.6 Å². The van der Waals surface area contributed by atoms with Crippen LogP contribution in [0.3, 0.4) is 0 Å². The van der Waals surface area contributed by atoms with Crippen LogP contribution >= 0.6 is 0 Å². The lowest BCUT2D eigenvalue weighted by Gasteiger charge is -2.48. The lowest BCUT2D eigenvalue weighted by Crippen LogP contribution is -2.59. The predicted molar refractivity (Wildman–Crippen MR) is 229 cm³/mol. The minimum absolute atomic E-state index is 0.146. The summed E-state index contributed by atoms with van der Waals surface area (Å²) in [5.41, 5.74) is 5.96. The van der Waals surface area contributed by atoms with Crippen LogP contribution in [0.4, 0.5) is 20.4 Å². The minimum Gasteiger partial charge on any atom is -0.489 e. The molecule has 3 amide bonds. The maximum absolute atomic E-state index is 14.8. The van der Waals surface area contributed by atoms with Crippen molar-refractivity contribution in [2.45, 2.75) is 81.4 Å². The number of imide groups is 1. The van der Waals surface area contributed by atoms with E-state index in [9.17, 15) is 28.3 Å². The van der Waals surface area contributed by atoms with Crippen LogP contribution < -0.4 is 19.9 Å². The summed E-state index contributed by atoms with van der Waals surface area (Å²) in [7, 11) is 0. The number of piperazine rings is 1. The highest BCUT2D eigenvalue weighted by atomic mass is 19.3. The van der Waals surface area contributed by atoms with Gasteiger partial charge in [0.1, 0.15) is 25.0 Å². The number of hydrogen-bond acceptors (Lipinski definition) is 13. The molecule has 338 valence electrons. The van der Waals surface area contributed by atoms with Crippen LogP contribution in [-0.4, -0.2) is 155 Å². The molecule has 0 saturated carbocycles. The first-order chi connectivity index (χ1) is 31.0. The molecule has 7 aliphatic heterocycles. The van der Waals surface area contributed by atoms with Crippen molar-refractivity contribution in [3.63, 3.8) is 0 Å². The van der Waals surface area contributed by atoms with Gasteiger partial charge in [-0.3, -0.25) is 29.5 Å². The number of nitrogens with one attached hydrogen (secondary N) is 2. The van der Waals surface area contributed by atoms with Crippen molar-refractivity contribution in [2.24, 2.45) is 5.92 Å². The number of halogens is 2. The number of aromatic amines is 1. The van der Waals surface area contributed by atoms with Gasteiger partial charge in [0, 0.05) is 116 Å². The second-order valence-corrected chi connectivity index (χ2v) is 18.7. The van der Waals surface area contributed by atoms with Crippen molar-refractivity contribution < 1.29 is 42.5 Å². The largest absolute Gasteiger partial charge is 0.489 e. The Bertz CT molecular complexity index is 2470. The topological polar surface area (TPSA) is 169 Å². The van der Waals surface area contributed by atoms with Crippen molar-refractivity contribution >= 4 is 40.3 Å². The molecule has 4 atom stereocenters. The number of ether oxygens (including phenoxy) is 3. The molecule has 4 aromatic rings. The lowest BCUT2D eigenvalue weighted by molar-refractivity contribution is -0.291. The number of anilines is 2. The van der Waals surface area contributed by atoms with Gasteiger partial charge in [-0.15, -0.1) is 0 Å². The number of aromatic nitrogens is 3. The standard InChI is InChI=1S/C46H53F2N9O7/c1-27-16-33-31-4-2-3-5-35(31)51-39(33)40(57(27)25-45(47,48)26-58)29-17-49-44(50-18-29)54-12-10-46(11-13-54)63-22-28(23-64-46)19-53-14-15-55-30(20-53)24-62-41-34-21-56(37-8-9-38(59)52-42(37)60)43(61)32(34)6-7-36(41)55/h2-7,17-18,27-28,30,37,40,51,58H,8-16,19-26H2,1H3,(H,52,59,60)/t27-,30-,37+,40-/m1/s1. The number of H-pyrrole nitrogens is 1. The SMILES string of the molecule is C[C@@H]1Cc2c([nH]c3ccccc23)[C@@H](c2cnc(N3CCC4(CC3)OCC(CN3CCN5c6ccc7c(c6OC[C@H]5C3)CN([C@H]3CCC(=O)NC3=O)C7=O)CO4)nc2)N1CC(F)(F)CO. The Morgan fingerprint density at radius 1 is 0.953 bits per heavy atom. The van der Waals surface area contributed by atoms with Gasteiger partial charge in [0.15, 0.2) is 5.79 Å². The molecule has 0 radical (unpaired) electrons. The van der Waals surface area contributed by atoms with E-state index >= 15 is 0 Å². The Labute approximate surface area is 368 Å². The summed E-state index contributed by atoms with van der Waals surface area (Å²) >= 11 is 0. The zero-order chi connectivity index (χ0) is 43.9. The fourth-order valence-corrected chi connectivity index (χ4v) is 11.2. The van der Waals surface area contributed by atoms with Gasteiger partial charge < -0.3 is 39.0 Å². The zero-order valence-corrected chi connectivity index (χ0v) is 35.8. The van der Waals surface area contributed by atoms with E-state index < -0.39 is 42.9 Å². The van der Waals surface area contributed by atoms with Crippen molar-refractivity contribution in [3.05, 3.63) is 76.7 Å². The molecular formula is C46H53F2N9O7. The third-order valence-corrected chi connectivity index (χ3v) is 14.6. The first-order valence-electron chi connectivity index (χ1n) is 22.6. The monoisotopic (exact) mass is 881 g/mol. The smallest absolute Gasteiger partial charge is 0.283 e. The fraction of sp³-hybridized carbons (Fsp3) is 0.543. The number of alkyl halides is 2. The number of benzene rings is 2. The summed E-state index contributed by atoms with van der Waals surface area (Å²) in [5, 5.41) is 12.9. The molecule has 0 aliphatic carbocycles. The van der Waals surface area contributed by atoms with E-state index in [1.807, 2.05) is 37.3 Å². The van der Waals surface area contributed by atoms with Crippen molar-refractivity contribution in [2.75, 3.05) is 82.0 Å². The van der Waals surface area contributed by atoms with Crippen LogP contribution in [0.5, 0.6) is 5.75 Å². The molecular weight excluding hydrogens is 829 g/mol. The second-order valence-electron chi connectivity index (χ2n) is 18.7. The molecule has 7 aliphatic rings. The minimum atomic E-state index is -3.27. The Kier molecular flexibility index (Phi) is 10.4. The highest BCUT2D eigenvalue weighted by Gasteiger charge is 2.46. The number of aliphatic hydroxyl groups excluding tert-OH is 1. The van der Waals surface area contributed by atoms with Crippen molar-refractivity contribution in [1.82, 2.24) is 35.0 Å². The van der Waals surface area contributed by atoms with Gasteiger partial charge in [-0.25, -0.2) is 18.7 Å². The van der Waals surface area contributed by atoms with Crippen LogP contribution in [0, 0.1) is 5.92 Å². The van der Waals surface area contributed by atoms with Crippen LogP contribution in [0.2, 0.25) is 0 Å². The average molecular weight is 882 g/mol. The molecule has 4 fully saturated rings. The summed E-state index contributed by atoms with van der Waals surface area (Å²) < 4.78 is 49.0. The summed E-state index contributed by atoms with van der Waals surface area (Å²) in [6, 6.07) is 10.5. The number of amides is 3. The molecule has 2 aromatic carbocycles. The molecule has 64 heavy (non-hydrogen) atoms. The molecule has 11 rings (SSSR count). The molecule has 1 spiro atoms. The molecule has 2 aromatic heterocycles. The van der Waals surface area contributed by atoms with Gasteiger partial charge in [0.25, 0.3) is 11.8 Å². The van der Waals surface area contributed by atoms with Gasteiger partial charge in [0.2, 0.25) is 17.8 Å². The number of nitrogens with zero attached hydrogens (tertiary/aromatic N) is 7. The van der Waals surface area contributed by atoms with E-state index in [1.54, 1.807) is 22.2 Å². The Hall–Kier alpha value is -5.27. The fourth-order valence-electron chi connectivity index (χ4n) is 11.2. The number of carbonyl (C=O) groups excluding carboxylic acids is 3. The summed E-state index contributed by atoms with van der Waals surface area (Å²) in [4.78, 5) is 61.1. The number of rotatable bonds is 8. The number of fused-ring (bicyclic) bond motifs is 8. The van der Waals surface area contributed by atoms with Crippen molar-refractivity contribution in [3.8, 4) is 5.75 Å².